The summed E-state index contributed by atoms with van der Waals surface area (Å²) in [7, 11) is 0. The number of halogens is 3. The third-order valence-corrected chi connectivity index (χ3v) is 4.94. The summed E-state index contributed by atoms with van der Waals surface area (Å²) in [5, 5.41) is 15.1. The van der Waals surface area contributed by atoms with Crippen LogP contribution < -0.4 is 5.56 Å². The Morgan fingerprint density at radius 2 is 1.96 bits per heavy atom. The van der Waals surface area contributed by atoms with E-state index in [2.05, 4.69) is 5.10 Å². The highest BCUT2D eigenvalue weighted by atomic mass is 32.1. The maximum absolute atomic E-state index is 13.3. The van der Waals surface area contributed by atoms with Gasteiger partial charge in [-0.2, -0.15) is 28.2 Å². The van der Waals surface area contributed by atoms with E-state index in [1.165, 1.54) is 17.4 Å². The van der Waals surface area contributed by atoms with Crippen molar-refractivity contribution in [3.8, 4) is 16.6 Å². The van der Waals surface area contributed by atoms with E-state index >= 15 is 0 Å². The van der Waals surface area contributed by atoms with Gasteiger partial charge in [-0.15, -0.1) is 11.3 Å². The van der Waals surface area contributed by atoms with Crippen molar-refractivity contribution in [2.45, 2.75) is 38.3 Å². The standard InChI is InChI=1S/C17H14F3N3OS/c18-17(19,20)13-9-14(15-7-4-8-25-15)23(16(24)12(13)10-21)22-11-5-2-1-3-6-11/h4,7-9H,1-3,5-6H2. The second kappa shape index (κ2) is 6.84. The van der Waals surface area contributed by atoms with Gasteiger partial charge >= 0.3 is 6.18 Å². The van der Waals surface area contributed by atoms with Gasteiger partial charge in [-0.3, -0.25) is 4.79 Å². The van der Waals surface area contributed by atoms with Crippen LogP contribution in [0.1, 0.15) is 43.2 Å². The van der Waals surface area contributed by atoms with E-state index < -0.39 is 22.9 Å². The van der Waals surface area contributed by atoms with Crippen molar-refractivity contribution in [3.63, 3.8) is 0 Å². The molecule has 1 saturated carbocycles. The Morgan fingerprint density at radius 1 is 1.24 bits per heavy atom. The first-order valence-electron chi connectivity index (χ1n) is 7.80. The summed E-state index contributed by atoms with van der Waals surface area (Å²) >= 11 is 1.21. The molecule has 1 aliphatic rings. The Hall–Kier alpha value is -2.40. The zero-order chi connectivity index (χ0) is 18.0. The highest BCUT2D eigenvalue weighted by Crippen LogP contribution is 2.34. The number of nitrogens with zero attached hydrogens (tertiary/aromatic N) is 3. The summed E-state index contributed by atoms with van der Waals surface area (Å²) in [6, 6.07) is 5.56. The Balaban J connectivity index is 2.29. The molecule has 130 valence electrons. The quantitative estimate of drug-likeness (QED) is 0.779. The predicted octanol–water partition coefficient (Wildman–Crippen LogP) is 4.64. The maximum atomic E-state index is 13.3. The van der Waals surface area contributed by atoms with E-state index in [1.807, 2.05) is 0 Å². The van der Waals surface area contributed by atoms with Crippen LogP contribution in [0.4, 0.5) is 13.2 Å². The second-order valence-electron chi connectivity index (χ2n) is 5.75. The molecule has 1 aliphatic carbocycles. The molecule has 8 heteroatoms. The lowest BCUT2D eigenvalue weighted by Crippen LogP contribution is -2.27. The second-order valence-corrected chi connectivity index (χ2v) is 6.70. The molecule has 0 aliphatic heterocycles. The first-order chi connectivity index (χ1) is 11.9. The molecule has 4 nitrogen and oxygen atoms in total. The van der Waals surface area contributed by atoms with Crippen molar-refractivity contribution in [2.24, 2.45) is 5.10 Å². The molecule has 0 atom stereocenters. The van der Waals surface area contributed by atoms with Crippen molar-refractivity contribution in [1.29, 1.82) is 5.26 Å². The molecule has 25 heavy (non-hydrogen) atoms. The van der Waals surface area contributed by atoms with E-state index in [-0.39, 0.29) is 5.69 Å². The summed E-state index contributed by atoms with van der Waals surface area (Å²) in [5.74, 6) is 0. The molecule has 0 radical (unpaired) electrons. The van der Waals surface area contributed by atoms with Crippen LogP contribution in [0.3, 0.4) is 0 Å². The van der Waals surface area contributed by atoms with Crippen molar-refractivity contribution >= 4 is 17.0 Å². The molecule has 2 aromatic heterocycles. The lowest BCUT2D eigenvalue weighted by atomic mass is 9.99. The van der Waals surface area contributed by atoms with Gasteiger partial charge < -0.3 is 0 Å². The minimum Gasteiger partial charge on any atom is -0.266 e. The van der Waals surface area contributed by atoms with Gasteiger partial charge in [0.25, 0.3) is 5.56 Å². The molecule has 0 bridgehead atoms. The summed E-state index contributed by atoms with van der Waals surface area (Å²) in [6.45, 7) is 0. The van der Waals surface area contributed by atoms with Gasteiger partial charge in [-0.05, 0) is 43.2 Å². The minimum atomic E-state index is -4.78. The lowest BCUT2D eigenvalue weighted by Gasteiger charge is -2.16. The SMILES string of the molecule is N#Cc1c(C(F)(F)F)cc(-c2cccs2)n(N=C2CCCCC2)c1=O. The molecule has 0 unspecified atom stereocenters. The number of rotatable bonds is 2. The fraction of sp³-hybridized carbons (Fsp3) is 0.353. The molecule has 2 heterocycles. The summed E-state index contributed by atoms with van der Waals surface area (Å²) < 4.78 is 40.8. The average molecular weight is 365 g/mol. The van der Waals surface area contributed by atoms with Crippen LogP contribution >= 0.6 is 11.3 Å². The van der Waals surface area contributed by atoms with Crippen molar-refractivity contribution in [2.75, 3.05) is 0 Å². The largest absolute Gasteiger partial charge is 0.417 e. The summed E-state index contributed by atoms with van der Waals surface area (Å²) in [6.07, 6.45) is -0.421. The van der Waals surface area contributed by atoms with E-state index in [4.69, 9.17) is 5.26 Å². The predicted molar refractivity (Wildman–Crippen MR) is 89.7 cm³/mol. The van der Waals surface area contributed by atoms with Crippen LogP contribution in [-0.4, -0.2) is 10.4 Å². The van der Waals surface area contributed by atoms with Crippen molar-refractivity contribution in [3.05, 3.63) is 45.1 Å². The van der Waals surface area contributed by atoms with Crippen molar-refractivity contribution < 1.29 is 13.2 Å². The van der Waals surface area contributed by atoms with Gasteiger partial charge in [0.15, 0.2) is 0 Å². The third kappa shape index (κ3) is 3.51. The molecule has 0 amide bonds. The molecule has 0 saturated heterocycles. The monoisotopic (exact) mass is 365 g/mol. The van der Waals surface area contributed by atoms with Crippen LogP contribution in [0, 0.1) is 11.3 Å². The number of nitriles is 1. The summed E-state index contributed by atoms with van der Waals surface area (Å²) in [5.41, 5.74) is -2.34. The zero-order valence-corrected chi connectivity index (χ0v) is 14.0. The van der Waals surface area contributed by atoms with Crippen LogP contribution in [0.2, 0.25) is 0 Å². The van der Waals surface area contributed by atoms with Gasteiger partial charge in [0.2, 0.25) is 0 Å². The molecule has 1 fully saturated rings. The third-order valence-electron chi connectivity index (χ3n) is 4.05. The molecule has 0 aromatic carbocycles. The molecule has 0 spiro atoms. The first-order valence-corrected chi connectivity index (χ1v) is 8.67. The number of thiophene rings is 1. The van der Waals surface area contributed by atoms with Gasteiger partial charge in [0, 0.05) is 5.71 Å². The Labute approximate surface area is 145 Å². The van der Waals surface area contributed by atoms with Gasteiger partial charge in [0.05, 0.1) is 16.1 Å². The number of alkyl halides is 3. The van der Waals surface area contributed by atoms with E-state index in [1.54, 1.807) is 17.5 Å². The van der Waals surface area contributed by atoms with Crippen LogP contribution in [-0.2, 0) is 6.18 Å². The van der Waals surface area contributed by atoms with Crippen molar-refractivity contribution in [1.82, 2.24) is 4.68 Å². The van der Waals surface area contributed by atoms with Crippen LogP contribution in [0.25, 0.3) is 10.6 Å². The van der Waals surface area contributed by atoms with Crippen LogP contribution in [0.15, 0.2) is 33.5 Å². The normalized spacial score (nSPS) is 15.0. The molecular formula is C17H14F3N3OS. The maximum Gasteiger partial charge on any atom is 0.417 e. The number of aromatic nitrogens is 1. The molecular weight excluding hydrogens is 351 g/mol. The first kappa shape index (κ1) is 17.4. The highest BCUT2D eigenvalue weighted by molar-refractivity contribution is 7.13. The molecule has 2 aromatic rings. The fourth-order valence-corrected chi connectivity index (χ4v) is 3.56. The molecule has 0 N–H and O–H groups in total. The van der Waals surface area contributed by atoms with E-state index in [0.717, 1.165) is 35.7 Å². The summed E-state index contributed by atoms with van der Waals surface area (Å²) in [4.78, 5) is 13.1. The number of pyridine rings is 1. The topological polar surface area (TPSA) is 58.1 Å². The molecule has 3 rings (SSSR count). The Bertz CT molecular complexity index is 897. The van der Waals surface area contributed by atoms with Gasteiger partial charge in [-0.25, -0.2) is 0 Å². The minimum absolute atomic E-state index is 0.0596. The highest BCUT2D eigenvalue weighted by Gasteiger charge is 2.36. The van der Waals surface area contributed by atoms with E-state index in [0.29, 0.717) is 17.7 Å². The van der Waals surface area contributed by atoms with Crippen LogP contribution in [0.5, 0.6) is 0 Å². The Morgan fingerprint density at radius 3 is 2.52 bits per heavy atom. The Kier molecular flexibility index (Phi) is 4.77. The average Bonchev–Trinajstić information content (AvgIpc) is 3.10. The van der Waals surface area contributed by atoms with E-state index in [9.17, 15) is 18.0 Å². The number of hydrogen-bond donors (Lipinski definition) is 0. The fourth-order valence-electron chi connectivity index (χ4n) is 2.83. The lowest BCUT2D eigenvalue weighted by molar-refractivity contribution is -0.137. The zero-order valence-electron chi connectivity index (χ0n) is 13.1. The smallest absolute Gasteiger partial charge is 0.266 e. The number of hydrogen-bond acceptors (Lipinski definition) is 4. The van der Waals surface area contributed by atoms with Gasteiger partial charge in [-0.1, -0.05) is 12.5 Å². The van der Waals surface area contributed by atoms with Gasteiger partial charge in [0.1, 0.15) is 11.6 Å².